The summed E-state index contributed by atoms with van der Waals surface area (Å²) in [7, 11) is 3.33. The van der Waals surface area contributed by atoms with E-state index < -0.39 is 11.9 Å². The van der Waals surface area contributed by atoms with Gasteiger partial charge in [0.25, 0.3) is 0 Å². The second-order valence-corrected chi connectivity index (χ2v) is 5.55. The zero-order chi connectivity index (χ0) is 22.8. The molecule has 0 saturated heterocycles. The lowest BCUT2D eigenvalue weighted by molar-refractivity contribution is -0.386. The summed E-state index contributed by atoms with van der Waals surface area (Å²) in [5.41, 5.74) is 10.0. The van der Waals surface area contributed by atoms with E-state index in [0.29, 0.717) is 12.2 Å². The maximum Gasteiger partial charge on any atom is 0.118 e. The Morgan fingerprint density at radius 2 is 1.03 bits per heavy atom. The van der Waals surface area contributed by atoms with Crippen molar-refractivity contribution in [3.05, 3.63) is 84.0 Å². The molecule has 0 spiro atoms. The predicted octanol–water partition coefficient (Wildman–Crippen LogP) is -1.53. The molecule has 6 N–H and O–H groups in total. The van der Waals surface area contributed by atoms with Crippen LogP contribution in [0.2, 0.25) is 0 Å². The van der Waals surface area contributed by atoms with E-state index in [2.05, 4.69) is 11.5 Å². The molecule has 2 rings (SSSR count). The Balaban J connectivity index is 0.000000420. The third kappa shape index (κ3) is 13.5. The van der Waals surface area contributed by atoms with Gasteiger partial charge in [0.05, 0.1) is 39.2 Å². The van der Waals surface area contributed by atoms with Crippen LogP contribution in [0.15, 0.2) is 72.8 Å². The van der Waals surface area contributed by atoms with Gasteiger partial charge in [-0.1, -0.05) is 12.2 Å². The molecular formula is C22H28N2O6. The first-order valence-electron chi connectivity index (χ1n) is 8.97. The van der Waals surface area contributed by atoms with Crippen LogP contribution in [0, 0.1) is 0 Å². The first kappa shape index (κ1) is 26.4. The van der Waals surface area contributed by atoms with Crippen LogP contribution >= 0.6 is 0 Å². The van der Waals surface area contributed by atoms with Crippen molar-refractivity contribution < 1.29 is 40.7 Å². The van der Waals surface area contributed by atoms with E-state index in [9.17, 15) is 19.8 Å². The third-order valence-electron chi connectivity index (χ3n) is 3.47. The summed E-state index contributed by atoms with van der Waals surface area (Å²) in [6.07, 6.45) is 3.48. The van der Waals surface area contributed by atoms with Gasteiger partial charge >= 0.3 is 0 Å². The molecule has 30 heavy (non-hydrogen) atoms. The number of hydrogen-bond acceptors (Lipinski definition) is 6. The molecule has 8 nitrogen and oxygen atoms in total. The number of hydrogen-bond donors (Lipinski definition) is 2. The van der Waals surface area contributed by atoms with Crippen LogP contribution in [-0.2, 0) is 22.7 Å². The minimum absolute atomic E-state index is 0.708. The number of carbonyl (C=O) groups is 2. The van der Waals surface area contributed by atoms with Crippen LogP contribution in [0.4, 0.5) is 0 Å². The minimum Gasteiger partial charge on any atom is -0.545 e. The molecule has 0 unspecified atom stereocenters. The molecule has 0 bridgehead atoms. The van der Waals surface area contributed by atoms with E-state index >= 15 is 0 Å². The fraction of sp³-hybridized carbons (Fsp3) is 0.182. The highest BCUT2D eigenvalue weighted by atomic mass is 16.5. The second-order valence-electron chi connectivity index (χ2n) is 5.55. The maximum absolute atomic E-state index is 9.65. The van der Waals surface area contributed by atoms with Crippen molar-refractivity contribution in [1.29, 1.82) is 0 Å². The van der Waals surface area contributed by atoms with Crippen molar-refractivity contribution in [1.82, 2.24) is 0 Å². The molecule has 0 heterocycles. The minimum atomic E-state index is -1.37. The predicted molar refractivity (Wildman–Crippen MR) is 107 cm³/mol. The molecule has 0 amide bonds. The van der Waals surface area contributed by atoms with Gasteiger partial charge in [-0.2, -0.15) is 0 Å². The van der Waals surface area contributed by atoms with Crippen molar-refractivity contribution in [2.24, 2.45) is 0 Å². The quantitative estimate of drug-likeness (QED) is 0.412. The van der Waals surface area contributed by atoms with Gasteiger partial charge in [0.1, 0.15) is 11.5 Å². The first-order chi connectivity index (χ1) is 14.4. The van der Waals surface area contributed by atoms with Crippen LogP contribution in [0.5, 0.6) is 11.5 Å². The van der Waals surface area contributed by atoms with Crippen LogP contribution < -0.4 is 31.2 Å². The van der Waals surface area contributed by atoms with E-state index in [1.54, 1.807) is 14.2 Å². The number of allylic oxidation sites excluding steroid dienone is 2. The summed E-state index contributed by atoms with van der Waals surface area (Å²) in [4.78, 5) is 19.3. The van der Waals surface area contributed by atoms with Crippen molar-refractivity contribution in [2.45, 2.75) is 13.1 Å². The Morgan fingerprint density at radius 3 is 1.23 bits per heavy atom. The molecule has 0 aliphatic rings. The van der Waals surface area contributed by atoms with Gasteiger partial charge in [-0.25, -0.2) is 0 Å². The monoisotopic (exact) mass is 416 g/mol. The number of carboxylic acid groups (broad SMARTS) is 2. The molecule has 0 saturated carbocycles. The molecule has 0 radical (unpaired) electrons. The highest BCUT2D eigenvalue weighted by molar-refractivity contribution is 5.80. The van der Waals surface area contributed by atoms with Crippen LogP contribution in [0.25, 0.3) is 0 Å². The van der Waals surface area contributed by atoms with Gasteiger partial charge in [-0.3, -0.25) is 0 Å². The van der Waals surface area contributed by atoms with E-state index in [0.717, 1.165) is 36.7 Å². The Labute approximate surface area is 176 Å². The average molecular weight is 416 g/mol. The molecular weight excluding hydrogens is 388 g/mol. The van der Waals surface area contributed by atoms with E-state index in [4.69, 9.17) is 9.47 Å². The lowest BCUT2D eigenvalue weighted by atomic mass is 10.2. The number of carbonyl (C=O) groups excluding carboxylic acids is 2. The molecule has 2 aromatic rings. The van der Waals surface area contributed by atoms with Crippen molar-refractivity contribution in [2.75, 3.05) is 14.2 Å². The highest BCUT2D eigenvalue weighted by Gasteiger charge is 1.91. The van der Waals surface area contributed by atoms with Crippen LogP contribution in [0.3, 0.4) is 0 Å². The average Bonchev–Trinajstić information content (AvgIpc) is 2.77. The van der Waals surface area contributed by atoms with E-state index in [1.165, 1.54) is 11.1 Å². The van der Waals surface area contributed by atoms with Crippen LogP contribution in [-0.4, -0.2) is 26.2 Å². The van der Waals surface area contributed by atoms with Crippen molar-refractivity contribution >= 4 is 11.9 Å². The van der Waals surface area contributed by atoms with Crippen molar-refractivity contribution in [3.63, 3.8) is 0 Å². The number of quaternary nitrogens is 2. The number of rotatable bonds is 7. The van der Waals surface area contributed by atoms with Gasteiger partial charge < -0.3 is 40.7 Å². The summed E-state index contributed by atoms with van der Waals surface area (Å²) in [6, 6.07) is 15.9. The summed E-state index contributed by atoms with van der Waals surface area (Å²) in [6.45, 7) is 1.67. The van der Waals surface area contributed by atoms with Gasteiger partial charge in [0.15, 0.2) is 0 Å². The third-order valence-corrected chi connectivity index (χ3v) is 3.47. The Morgan fingerprint density at radius 1 is 0.733 bits per heavy atom. The molecule has 162 valence electrons. The Hall–Kier alpha value is -3.62. The molecule has 0 aliphatic carbocycles. The van der Waals surface area contributed by atoms with E-state index in [-0.39, 0.29) is 0 Å². The lowest BCUT2D eigenvalue weighted by Gasteiger charge is -1.98. The Bertz CT molecular complexity index is 684. The highest BCUT2D eigenvalue weighted by Crippen LogP contribution is 2.10. The number of carboxylic acids is 2. The maximum atomic E-state index is 9.65. The normalized spacial score (nSPS) is 9.87. The largest absolute Gasteiger partial charge is 0.545 e. The lowest BCUT2D eigenvalue weighted by Crippen LogP contribution is -2.47. The zero-order valence-electron chi connectivity index (χ0n) is 17.2. The second kappa shape index (κ2) is 16.3. The van der Waals surface area contributed by atoms with Crippen molar-refractivity contribution in [3.8, 4) is 11.5 Å². The number of methoxy groups -OCH3 is 2. The Kier molecular flexibility index (Phi) is 14.4. The standard InChI is InChI=1S/2C8H11NO.C6H6O4/c2*1-10-8-4-2-7(6-9)3-5-8;7-5(8)3-1-2-4-6(9)10/h2*2-5H,6,9H2,1H3;1-4H,(H,7,8)(H,9,10)/b;;3-1-,4-2-. The van der Waals surface area contributed by atoms with Crippen LogP contribution in [0.1, 0.15) is 11.1 Å². The molecule has 2 aromatic carbocycles. The zero-order valence-corrected chi connectivity index (χ0v) is 17.2. The fourth-order valence-corrected chi connectivity index (χ4v) is 1.85. The molecule has 0 aliphatic heterocycles. The molecule has 0 atom stereocenters. The summed E-state index contributed by atoms with van der Waals surface area (Å²) >= 11 is 0. The van der Waals surface area contributed by atoms with Gasteiger partial charge in [0, 0.05) is 11.1 Å². The summed E-state index contributed by atoms with van der Waals surface area (Å²) < 4.78 is 9.99. The smallest absolute Gasteiger partial charge is 0.118 e. The summed E-state index contributed by atoms with van der Waals surface area (Å²) in [5.74, 6) is -0.944. The number of benzene rings is 2. The van der Waals surface area contributed by atoms with E-state index in [1.807, 2.05) is 48.5 Å². The fourth-order valence-electron chi connectivity index (χ4n) is 1.85. The van der Waals surface area contributed by atoms with Gasteiger partial charge in [-0.15, -0.1) is 0 Å². The SMILES string of the molecule is COc1ccc(C[NH3+])cc1.COc1ccc(C[NH3+])cc1.O=C([O-])/C=C\C=C/C(=O)[O-]. The van der Waals surface area contributed by atoms with Gasteiger partial charge in [-0.05, 0) is 60.7 Å². The number of ether oxygens (including phenoxy) is 2. The first-order valence-corrected chi connectivity index (χ1v) is 8.97. The molecule has 0 fully saturated rings. The molecule has 0 aromatic heterocycles. The van der Waals surface area contributed by atoms with Gasteiger partial charge in [0.2, 0.25) is 0 Å². The summed E-state index contributed by atoms with van der Waals surface area (Å²) in [5, 5.41) is 19.3. The molecule has 8 heteroatoms. The number of aliphatic carboxylic acids is 2. The topological polar surface area (TPSA) is 154 Å².